The van der Waals surface area contributed by atoms with E-state index in [2.05, 4.69) is 0 Å². The molecule has 0 radical (unpaired) electrons. The normalized spacial score (nSPS) is 10.1. The fourth-order valence-electron chi connectivity index (χ4n) is 1.15. The van der Waals surface area contributed by atoms with Crippen LogP contribution in [0.4, 0.5) is 10.1 Å². The Labute approximate surface area is 85.6 Å². The minimum absolute atomic E-state index is 0.213. The number of nitrogens with zero attached hydrogens (tertiary/aromatic N) is 1. The van der Waals surface area contributed by atoms with Gasteiger partial charge in [0, 0.05) is 11.9 Å². The lowest BCUT2D eigenvalue weighted by molar-refractivity contribution is -0.385. The maximum atomic E-state index is 12.9. The number of aryl methyl sites for hydroxylation is 1. The van der Waals surface area contributed by atoms with Gasteiger partial charge in [0.2, 0.25) is 0 Å². The van der Waals surface area contributed by atoms with Crippen molar-refractivity contribution in [3.05, 3.63) is 39.7 Å². The van der Waals surface area contributed by atoms with Gasteiger partial charge in [-0.25, -0.2) is 4.39 Å². The molecule has 1 aromatic rings. The van der Waals surface area contributed by atoms with Crippen LogP contribution in [0.2, 0.25) is 0 Å². The van der Waals surface area contributed by atoms with E-state index in [1.807, 2.05) is 0 Å². The topological polar surface area (TPSA) is 43.1 Å². The van der Waals surface area contributed by atoms with Crippen molar-refractivity contribution >= 4 is 17.3 Å². The second-order valence-electron chi connectivity index (χ2n) is 2.87. The van der Waals surface area contributed by atoms with Crippen LogP contribution in [-0.2, 0) is 6.42 Å². The maximum absolute atomic E-state index is 12.9. The summed E-state index contributed by atoms with van der Waals surface area (Å²) in [4.78, 5) is 9.79. The number of halogens is 2. The number of alkyl halides is 1. The first-order valence-electron chi connectivity index (χ1n) is 4.13. The van der Waals surface area contributed by atoms with E-state index in [0.29, 0.717) is 24.3 Å². The summed E-state index contributed by atoms with van der Waals surface area (Å²) >= 11 is 5.47. The summed E-state index contributed by atoms with van der Waals surface area (Å²) in [6, 6.07) is 3.57. The standard InChI is InChI=1S/C9H9ClFNO2/c10-3-1-2-7-4-8(11)6-9(5-7)12(13)14/h4-6H,1-3H2. The number of benzene rings is 1. The number of rotatable bonds is 4. The quantitative estimate of drug-likeness (QED) is 0.442. The molecular weight excluding hydrogens is 209 g/mol. The van der Waals surface area contributed by atoms with Gasteiger partial charge in [-0.15, -0.1) is 11.6 Å². The van der Waals surface area contributed by atoms with Gasteiger partial charge in [-0.05, 0) is 24.5 Å². The van der Waals surface area contributed by atoms with Crippen molar-refractivity contribution < 1.29 is 9.31 Å². The fourth-order valence-corrected chi connectivity index (χ4v) is 1.29. The Morgan fingerprint density at radius 3 is 2.71 bits per heavy atom. The Bertz CT molecular complexity index is 344. The van der Waals surface area contributed by atoms with E-state index in [-0.39, 0.29) is 5.69 Å². The summed E-state index contributed by atoms with van der Waals surface area (Å²) in [5.41, 5.74) is 0.395. The van der Waals surface area contributed by atoms with Crippen molar-refractivity contribution in [2.45, 2.75) is 12.8 Å². The van der Waals surface area contributed by atoms with E-state index in [4.69, 9.17) is 11.6 Å². The molecule has 0 aromatic heterocycles. The highest BCUT2D eigenvalue weighted by Gasteiger charge is 2.09. The van der Waals surface area contributed by atoms with Crippen LogP contribution in [0.5, 0.6) is 0 Å². The molecule has 76 valence electrons. The largest absolute Gasteiger partial charge is 0.272 e. The second kappa shape index (κ2) is 4.91. The van der Waals surface area contributed by atoms with Crippen molar-refractivity contribution in [2.75, 3.05) is 5.88 Å². The van der Waals surface area contributed by atoms with Gasteiger partial charge in [-0.3, -0.25) is 10.1 Å². The zero-order chi connectivity index (χ0) is 10.6. The van der Waals surface area contributed by atoms with Crippen LogP contribution < -0.4 is 0 Å². The van der Waals surface area contributed by atoms with Gasteiger partial charge in [-0.2, -0.15) is 0 Å². The Hall–Kier alpha value is -1.16. The molecule has 0 aliphatic rings. The Morgan fingerprint density at radius 1 is 1.43 bits per heavy atom. The smallest absolute Gasteiger partial charge is 0.258 e. The van der Waals surface area contributed by atoms with Crippen LogP contribution in [0, 0.1) is 15.9 Å². The van der Waals surface area contributed by atoms with Crippen LogP contribution in [0.1, 0.15) is 12.0 Å². The Morgan fingerprint density at radius 2 is 2.14 bits per heavy atom. The lowest BCUT2D eigenvalue weighted by Crippen LogP contribution is -1.93. The van der Waals surface area contributed by atoms with Crippen molar-refractivity contribution in [1.82, 2.24) is 0 Å². The SMILES string of the molecule is O=[N+]([O-])c1cc(F)cc(CCCCl)c1. The Kier molecular flexibility index (Phi) is 3.83. The van der Waals surface area contributed by atoms with Crippen LogP contribution >= 0.6 is 11.6 Å². The lowest BCUT2D eigenvalue weighted by Gasteiger charge is -1.99. The average Bonchev–Trinajstić information content (AvgIpc) is 2.14. The summed E-state index contributed by atoms with van der Waals surface area (Å²) in [5, 5.41) is 10.4. The molecule has 0 N–H and O–H groups in total. The van der Waals surface area contributed by atoms with Gasteiger partial charge in [0.05, 0.1) is 11.0 Å². The Balaban J connectivity index is 2.89. The van der Waals surface area contributed by atoms with E-state index in [9.17, 15) is 14.5 Å². The van der Waals surface area contributed by atoms with Crippen LogP contribution in [0.3, 0.4) is 0 Å². The van der Waals surface area contributed by atoms with Crippen LogP contribution in [-0.4, -0.2) is 10.8 Å². The third-order valence-corrected chi connectivity index (χ3v) is 2.02. The molecule has 0 unspecified atom stereocenters. The minimum Gasteiger partial charge on any atom is -0.258 e. The van der Waals surface area contributed by atoms with E-state index < -0.39 is 10.7 Å². The molecule has 0 saturated heterocycles. The van der Waals surface area contributed by atoms with Crippen molar-refractivity contribution in [1.29, 1.82) is 0 Å². The van der Waals surface area contributed by atoms with E-state index >= 15 is 0 Å². The maximum Gasteiger partial charge on any atom is 0.272 e. The highest BCUT2D eigenvalue weighted by Crippen LogP contribution is 2.17. The molecule has 1 rings (SSSR count). The van der Waals surface area contributed by atoms with Crippen molar-refractivity contribution in [3.8, 4) is 0 Å². The predicted octanol–water partition coefficient (Wildman–Crippen LogP) is 2.91. The number of hydrogen-bond donors (Lipinski definition) is 0. The molecule has 0 spiro atoms. The summed E-state index contributed by atoms with van der Waals surface area (Å²) in [6.07, 6.45) is 1.24. The summed E-state index contributed by atoms with van der Waals surface area (Å²) in [6.45, 7) is 0. The molecule has 0 aliphatic carbocycles. The van der Waals surface area contributed by atoms with E-state index in [1.54, 1.807) is 0 Å². The molecule has 3 nitrogen and oxygen atoms in total. The molecule has 0 amide bonds. The van der Waals surface area contributed by atoms with Crippen molar-refractivity contribution in [3.63, 3.8) is 0 Å². The zero-order valence-corrected chi connectivity index (χ0v) is 8.13. The van der Waals surface area contributed by atoms with Crippen LogP contribution in [0.25, 0.3) is 0 Å². The molecule has 14 heavy (non-hydrogen) atoms. The van der Waals surface area contributed by atoms with Crippen molar-refractivity contribution in [2.24, 2.45) is 0 Å². The molecule has 0 saturated carbocycles. The monoisotopic (exact) mass is 217 g/mol. The van der Waals surface area contributed by atoms with Gasteiger partial charge in [0.1, 0.15) is 5.82 Å². The molecule has 0 heterocycles. The van der Waals surface area contributed by atoms with Crippen LogP contribution in [0.15, 0.2) is 18.2 Å². The van der Waals surface area contributed by atoms with E-state index in [0.717, 1.165) is 6.07 Å². The first kappa shape index (κ1) is 10.9. The first-order valence-corrected chi connectivity index (χ1v) is 4.67. The number of hydrogen-bond acceptors (Lipinski definition) is 2. The summed E-state index contributed by atoms with van der Waals surface area (Å²) in [5.74, 6) is -0.117. The van der Waals surface area contributed by atoms with Gasteiger partial charge >= 0.3 is 0 Å². The van der Waals surface area contributed by atoms with E-state index in [1.165, 1.54) is 12.1 Å². The molecular formula is C9H9ClFNO2. The zero-order valence-electron chi connectivity index (χ0n) is 7.37. The molecule has 0 fully saturated rings. The summed E-state index contributed by atoms with van der Waals surface area (Å²) in [7, 11) is 0. The highest BCUT2D eigenvalue weighted by atomic mass is 35.5. The van der Waals surface area contributed by atoms with Gasteiger partial charge in [0.15, 0.2) is 0 Å². The molecule has 0 bridgehead atoms. The third kappa shape index (κ3) is 2.96. The number of nitro groups is 1. The molecule has 0 aliphatic heterocycles. The molecule has 0 atom stereocenters. The predicted molar refractivity (Wildman–Crippen MR) is 52.1 cm³/mol. The highest BCUT2D eigenvalue weighted by molar-refractivity contribution is 6.17. The van der Waals surface area contributed by atoms with Gasteiger partial charge in [-0.1, -0.05) is 0 Å². The summed E-state index contributed by atoms with van der Waals surface area (Å²) < 4.78 is 12.9. The minimum atomic E-state index is -0.604. The third-order valence-electron chi connectivity index (χ3n) is 1.75. The van der Waals surface area contributed by atoms with Gasteiger partial charge < -0.3 is 0 Å². The fraction of sp³-hybridized carbons (Fsp3) is 0.333. The first-order chi connectivity index (χ1) is 6.63. The molecule has 5 heteroatoms. The lowest BCUT2D eigenvalue weighted by atomic mass is 10.1. The number of non-ortho nitro benzene ring substituents is 1. The molecule has 1 aromatic carbocycles. The second-order valence-corrected chi connectivity index (χ2v) is 3.25. The average molecular weight is 218 g/mol. The number of nitro benzene ring substituents is 1. The van der Waals surface area contributed by atoms with Gasteiger partial charge in [0.25, 0.3) is 5.69 Å².